The van der Waals surface area contributed by atoms with Gasteiger partial charge in [-0.15, -0.1) is 0 Å². The van der Waals surface area contributed by atoms with Crippen LogP contribution in [0.4, 0.5) is 11.4 Å². The van der Waals surface area contributed by atoms with E-state index >= 15 is 0 Å². The lowest BCUT2D eigenvalue weighted by molar-refractivity contribution is -0.139. The third-order valence-corrected chi connectivity index (χ3v) is 5.31. The Morgan fingerprint density at radius 1 is 1.06 bits per heavy atom. The summed E-state index contributed by atoms with van der Waals surface area (Å²) in [5, 5.41) is 22.8. The summed E-state index contributed by atoms with van der Waals surface area (Å²) in [7, 11) is 1.97. The van der Waals surface area contributed by atoms with Crippen molar-refractivity contribution < 1.29 is 19.7 Å². The summed E-state index contributed by atoms with van der Waals surface area (Å²) in [5.74, 6) is -0.480. The molecule has 0 unspecified atom stereocenters. The quantitative estimate of drug-likeness (QED) is 0.372. The number of hydrogen-bond donors (Lipinski definition) is 3. The van der Waals surface area contributed by atoms with Gasteiger partial charge in [-0.25, -0.2) is 4.79 Å². The fraction of sp³-hybridized carbons (Fsp3) is 0.240. The molecule has 0 amide bonds. The Hall–Kier alpha value is -3.06. The molecule has 0 aliphatic rings. The van der Waals surface area contributed by atoms with Crippen molar-refractivity contribution in [3.05, 3.63) is 88.9 Å². The molecule has 0 spiro atoms. The number of aliphatic carboxylic acids is 1. The van der Waals surface area contributed by atoms with Crippen LogP contribution in [0.1, 0.15) is 17.2 Å². The molecule has 6 nitrogen and oxygen atoms in total. The minimum Gasteiger partial charge on any atom is -0.482 e. The minimum atomic E-state index is -1.00. The van der Waals surface area contributed by atoms with Crippen LogP contribution in [0.5, 0.6) is 5.75 Å². The van der Waals surface area contributed by atoms with Crippen LogP contribution in [0.25, 0.3) is 0 Å². The normalized spacial score (nSPS) is 11.7. The molecular weight excluding hydrogens is 428 g/mol. The van der Waals surface area contributed by atoms with Gasteiger partial charge in [-0.1, -0.05) is 35.9 Å². The van der Waals surface area contributed by atoms with Crippen LogP contribution in [0.3, 0.4) is 0 Å². The number of ether oxygens (including phenoxy) is 1. The Balaban J connectivity index is 1.46. The first-order valence-corrected chi connectivity index (χ1v) is 10.7. The van der Waals surface area contributed by atoms with Crippen molar-refractivity contribution in [2.75, 3.05) is 31.6 Å². The molecule has 1 atom stereocenters. The van der Waals surface area contributed by atoms with E-state index in [1.807, 2.05) is 36.2 Å². The minimum absolute atomic E-state index is 0.356. The Morgan fingerprint density at radius 2 is 1.72 bits per heavy atom. The van der Waals surface area contributed by atoms with Crippen LogP contribution in [0.15, 0.2) is 72.8 Å². The number of hydrogen-bond acceptors (Lipinski definition) is 5. The highest BCUT2D eigenvalue weighted by atomic mass is 35.5. The maximum Gasteiger partial charge on any atom is 0.341 e. The summed E-state index contributed by atoms with van der Waals surface area (Å²) in [6.07, 6.45) is 0.257. The van der Waals surface area contributed by atoms with Gasteiger partial charge in [-0.3, -0.25) is 0 Å². The number of aliphatic hydroxyl groups is 1. The number of halogens is 1. The monoisotopic (exact) mass is 454 g/mol. The summed E-state index contributed by atoms with van der Waals surface area (Å²) < 4.78 is 5.17. The first-order valence-electron chi connectivity index (χ1n) is 10.3. The zero-order valence-electron chi connectivity index (χ0n) is 17.9. The van der Waals surface area contributed by atoms with Gasteiger partial charge < -0.3 is 25.2 Å². The Labute approximate surface area is 193 Å². The number of nitrogens with zero attached hydrogens (tertiary/aromatic N) is 1. The van der Waals surface area contributed by atoms with Crippen molar-refractivity contribution in [1.82, 2.24) is 5.32 Å². The van der Waals surface area contributed by atoms with E-state index in [-0.39, 0.29) is 6.61 Å². The van der Waals surface area contributed by atoms with E-state index in [0.717, 1.165) is 29.9 Å². The molecule has 3 rings (SSSR count). The molecule has 0 aliphatic carbocycles. The molecule has 168 valence electrons. The molecule has 3 aromatic carbocycles. The van der Waals surface area contributed by atoms with Crippen LogP contribution >= 0.6 is 11.6 Å². The third kappa shape index (κ3) is 6.99. The molecule has 0 fully saturated rings. The topological polar surface area (TPSA) is 82.0 Å². The Kier molecular flexibility index (Phi) is 8.50. The fourth-order valence-electron chi connectivity index (χ4n) is 3.25. The van der Waals surface area contributed by atoms with E-state index in [1.165, 1.54) is 5.56 Å². The third-order valence-electron chi connectivity index (χ3n) is 5.07. The molecule has 3 aromatic rings. The zero-order chi connectivity index (χ0) is 22.9. The molecule has 0 aromatic heterocycles. The summed E-state index contributed by atoms with van der Waals surface area (Å²) in [4.78, 5) is 12.6. The smallest absolute Gasteiger partial charge is 0.341 e. The summed E-state index contributed by atoms with van der Waals surface area (Å²) in [6.45, 7) is 0.864. The van der Waals surface area contributed by atoms with Gasteiger partial charge in [-0.2, -0.15) is 0 Å². The summed E-state index contributed by atoms with van der Waals surface area (Å²) >= 11 is 5.97. The van der Waals surface area contributed by atoms with E-state index < -0.39 is 12.1 Å². The zero-order valence-corrected chi connectivity index (χ0v) is 18.6. The maximum atomic E-state index is 10.6. The van der Waals surface area contributed by atoms with Gasteiger partial charge in [0.1, 0.15) is 5.75 Å². The number of anilines is 2. The number of nitrogens with one attached hydrogen (secondary N) is 1. The molecule has 0 saturated heterocycles. The Bertz CT molecular complexity index is 1010. The number of carboxylic acids is 1. The second kappa shape index (κ2) is 11.5. The van der Waals surface area contributed by atoms with Crippen LogP contribution < -0.4 is 15.0 Å². The van der Waals surface area contributed by atoms with Gasteiger partial charge in [0.15, 0.2) is 6.61 Å². The average molecular weight is 455 g/mol. The number of rotatable bonds is 11. The number of aliphatic hydroxyl groups excluding tert-OH is 1. The summed E-state index contributed by atoms with van der Waals surface area (Å²) in [6, 6.07) is 22.9. The molecule has 3 N–H and O–H groups in total. The first-order chi connectivity index (χ1) is 15.4. The van der Waals surface area contributed by atoms with Gasteiger partial charge in [0.2, 0.25) is 0 Å². The van der Waals surface area contributed by atoms with Crippen molar-refractivity contribution in [3.8, 4) is 5.75 Å². The van der Waals surface area contributed by atoms with E-state index in [2.05, 4.69) is 29.6 Å². The number of benzene rings is 3. The first kappa shape index (κ1) is 23.6. The second-order valence-corrected chi connectivity index (χ2v) is 7.86. The number of carboxylic acid groups (broad SMARTS) is 1. The molecule has 0 heterocycles. The van der Waals surface area contributed by atoms with Gasteiger partial charge in [0.25, 0.3) is 0 Å². The molecule has 0 saturated carbocycles. The Morgan fingerprint density at radius 3 is 2.34 bits per heavy atom. The lowest BCUT2D eigenvalue weighted by Gasteiger charge is -2.20. The second-order valence-electron chi connectivity index (χ2n) is 7.43. The van der Waals surface area contributed by atoms with E-state index in [9.17, 15) is 9.90 Å². The van der Waals surface area contributed by atoms with E-state index in [4.69, 9.17) is 21.4 Å². The van der Waals surface area contributed by atoms with E-state index in [0.29, 0.717) is 17.3 Å². The largest absolute Gasteiger partial charge is 0.482 e. The van der Waals surface area contributed by atoms with Crippen molar-refractivity contribution >= 4 is 28.9 Å². The molecule has 32 heavy (non-hydrogen) atoms. The van der Waals surface area contributed by atoms with Gasteiger partial charge in [-0.05, 0) is 72.6 Å². The van der Waals surface area contributed by atoms with Crippen molar-refractivity contribution in [2.45, 2.75) is 12.5 Å². The van der Waals surface area contributed by atoms with E-state index in [1.54, 1.807) is 24.3 Å². The fourth-order valence-corrected chi connectivity index (χ4v) is 3.45. The van der Waals surface area contributed by atoms with Gasteiger partial charge in [0.05, 0.1) is 6.10 Å². The standard InChI is InChI=1S/C25H27ClN2O4/c1-28(22-9-11-23(12-10-22)32-17-25(30)31)21-7-5-18(6-8-21)13-14-27-16-24(29)19-3-2-4-20(26)15-19/h2-12,15,24,27,29H,13-14,16-17H2,1H3,(H,30,31)/t24-/m0/s1. The summed E-state index contributed by atoms with van der Waals surface area (Å²) in [5.41, 5.74) is 4.01. The molecule has 0 radical (unpaired) electrons. The van der Waals surface area contributed by atoms with Crippen LogP contribution in [-0.4, -0.2) is 42.9 Å². The molecular formula is C25H27ClN2O4. The van der Waals surface area contributed by atoms with Crippen molar-refractivity contribution in [1.29, 1.82) is 0 Å². The molecule has 7 heteroatoms. The lowest BCUT2D eigenvalue weighted by atomic mass is 10.1. The van der Waals surface area contributed by atoms with Crippen molar-refractivity contribution in [2.24, 2.45) is 0 Å². The van der Waals surface area contributed by atoms with Gasteiger partial charge >= 0.3 is 5.97 Å². The lowest BCUT2D eigenvalue weighted by Crippen LogP contribution is -2.23. The van der Waals surface area contributed by atoms with Crippen molar-refractivity contribution in [3.63, 3.8) is 0 Å². The predicted octanol–water partition coefficient (Wildman–Crippen LogP) is 4.44. The number of carbonyl (C=O) groups is 1. The molecule has 0 bridgehead atoms. The highest BCUT2D eigenvalue weighted by Gasteiger charge is 2.08. The van der Waals surface area contributed by atoms with Crippen LogP contribution in [-0.2, 0) is 11.2 Å². The highest BCUT2D eigenvalue weighted by Crippen LogP contribution is 2.26. The predicted molar refractivity (Wildman–Crippen MR) is 127 cm³/mol. The molecule has 0 aliphatic heterocycles. The maximum absolute atomic E-state index is 10.6. The van der Waals surface area contributed by atoms with Crippen LogP contribution in [0.2, 0.25) is 5.02 Å². The van der Waals surface area contributed by atoms with Crippen LogP contribution in [0, 0.1) is 0 Å². The highest BCUT2D eigenvalue weighted by molar-refractivity contribution is 6.30. The SMILES string of the molecule is CN(c1ccc(CCNC[C@H](O)c2cccc(Cl)c2)cc1)c1ccc(OCC(=O)O)cc1. The average Bonchev–Trinajstić information content (AvgIpc) is 2.80. The van der Waals surface area contributed by atoms with Gasteiger partial charge in [0, 0.05) is 30.0 Å².